The molecule has 0 aliphatic rings. The number of hydrogen-bond donors (Lipinski definition) is 2. The van der Waals surface area contributed by atoms with Crippen LogP contribution < -0.4 is 5.32 Å². The maximum atomic E-state index is 11.4. The van der Waals surface area contributed by atoms with E-state index in [2.05, 4.69) is 31.1 Å². The number of aromatic nitrogens is 1. The number of fused-ring (bicyclic) bond motifs is 1. The molecule has 0 amide bonds. The van der Waals surface area contributed by atoms with E-state index < -0.39 is 5.97 Å². The number of benzene rings is 1. The summed E-state index contributed by atoms with van der Waals surface area (Å²) in [6.45, 7) is 6.47. The van der Waals surface area contributed by atoms with Gasteiger partial charge < -0.3 is 10.4 Å². The number of pyridine rings is 1. The number of hydrogen-bond acceptors (Lipinski definition) is 3. The minimum absolute atomic E-state index is 0.219. The first-order valence-corrected chi connectivity index (χ1v) is 7.36. The molecule has 0 saturated carbocycles. The molecule has 1 aromatic heterocycles. The molecule has 0 aliphatic heterocycles. The number of anilines is 1. The van der Waals surface area contributed by atoms with Crippen molar-refractivity contribution in [3.63, 3.8) is 0 Å². The summed E-state index contributed by atoms with van der Waals surface area (Å²) in [6, 6.07) is 7.83. The Balaban J connectivity index is 2.35. The largest absolute Gasteiger partial charge is 0.478 e. The van der Waals surface area contributed by atoms with Crippen LogP contribution in [0.5, 0.6) is 0 Å². The predicted molar refractivity (Wildman–Crippen MR) is 85.9 cm³/mol. The Kier molecular flexibility index (Phi) is 4.78. The highest BCUT2D eigenvalue weighted by molar-refractivity contribution is 6.04. The highest BCUT2D eigenvalue weighted by Gasteiger charge is 2.16. The molecule has 1 atom stereocenters. The van der Waals surface area contributed by atoms with Crippen molar-refractivity contribution in [2.75, 3.05) is 5.32 Å². The molecule has 0 spiro atoms. The quantitative estimate of drug-likeness (QED) is 0.836. The average molecular weight is 286 g/mol. The molecule has 0 radical (unpaired) electrons. The molecule has 4 heteroatoms. The molecule has 21 heavy (non-hydrogen) atoms. The Labute approximate surface area is 125 Å². The number of carboxylic acids is 1. The summed E-state index contributed by atoms with van der Waals surface area (Å²) < 4.78 is 0. The summed E-state index contributed by atoms with van der Waals surface area (Å²) >= 11 is 0. The lowest BCUT2D eigenvalue weighted by Gasteiger charge is -2.19. The smallest absolute Gasteiger partial charge is 0.339 e. The third kappa shape index (κ3) is 3.72. The highest BCUT2D eigenvalue weighted by atomic mass is 16.4. The number of carbonyl (C=O) groups is 1. The van der Waals surface area contributed by atoms with Crippen LogP contribution in [0.2, 0.25) is 0 Å². The van der Waals surface area contributed by atoms with Crippen LogP contribution in [0.3, 0.4) is 0 Å². The van der Waals surface area contributed by atoms with Crippen molar-refractivity contribution < 1.29 is 9.90 Å². The van der Waals surface area contributed by atoms with E-state index in [1.54, 1.807) is 0 Å². The molecule has 0 saturated heterocycles. The molecule has 0 fully saturated rings. The van der Waals surface area contributed by atoms with Crippen molar-refractivity contribution in [2.45, 2.75) is 39.7 Å². The number of carboxylic acid groups (broad SMARTS) is 1. The maximum absolute atomic E-state index is 11.4. The molecule has 2 aromatic rings. The Morgan fingerprint density at radius 3 is 2.62 bits per heavy atom. The summed E-state index contributed by atoms with van der Waals surface area (Å²) in [4.78, 5) is 15.7. The van der Waals surface area contributed by atoms with Crippen LogP contribution >= 0.6 is 0 Å². The van der Waals surface area contributed by atoms with E-state index in [1.165, 1.54) is 6.20 Å². The van der Waals surface area contributed by atoms with E-state index in [0.717, 1.165) is 23.7 Å². The lowest BCUT2D eigenvalue weighted by atomic mass is 10.0. The molecule has 0 bridgehead atoms. The summed E-state index contributed by atoms with van der Waals surface area (Å²) in [7, 11) is 0. The zero-order valence-electron chi connectivity index (χ0n) is 12.8. The van der Waals surface area contributed by atoms with E-state index in [-0.39, 0.29) is 11.6 Å². The molecule has 2 rings (SSSR count). The van der Waals surface area contributed by atoms with Crippen molar-refractivity contribution >= 4 is 22.6 Å². The van der Waals surface area contributed by atoms with Gasteiger partial charge in [-0.2, -0.15) is 0 Å². The maximum Gasteiger partial charge on any atom is 0.339 e. The second-order valence-electron chi connectivity index (χ2n) is 5.89. The molecule has 2 N–H and O–H groups in total. The molecular formula is C17H22N2O2. The summed E-state index contributed by atoms with van der Waals surface area (Å²) in [6.07, 6.45) is 3.55. The first-order valence-electron chi connectivity index (χ1n) is 7.36. The third-order valence-electron chi connectivity index (χ3n) is 3.57. The molecule has 4 nitrogen and oxygen atoms in total. The van der Waals surface area contributed by atoms with E-state index >= 15 is 0 Å². The van der Waals surface area contributed by atoms with Gasteiger partial charge in [-0.25, -0.2) is 4.79 Å². The summed E-state index contributed by atoms with van der Waals surface area (Å²) in [5.74, 6) is -0.311. The normalized spacial score (nSPS) is 12.6. The van der Waals surface area contributed by atoms with Gasteiger partial charge in [-0.05, 0) is 31.7 Å². The second-order valence-corrected chi connectivity index (χ2v) is 5.89. The average Bonchev–Trinajstić information content (AvgIpc) is 2.45. The van der Waals surface area contributed by atoms with Gasteiger partial charge >= 0.3 is 5.97 Å². The van der Waals surface area contributed by atoms with Crippen LogP contribution in [-0.4, -0.2) is 22.1 Å². The Hall–Kier alpha value is -2.10. The van der Waals surface area contributed by atoms with Gasteiger partial charge in [0.15, 0.2) is 0 Å². The van der Waals surface area contributed by atoms with Crippen molar-refractivity contribution in [2.24, 2.45) is 5.92 Å². The lowest BCUT2D eigenvalue weighted by molar-refractivity contribution is 0.0697. The van der Waals surface area contributed by atoms with Crippen molar-refractivity contribution in [1.82, 2.24) is 4.98 Å². The van der Waals surface area contributed by atoms with E-state index in [9.17, 15) is 9.90 Å². The predicted octanol–water partition coefficient (Wildman–Crippen LogP) is 4.17. The van der Waals surface area contributed by atoms with Gasteiger partial charge in [-0.3, -0.25) is 4.98 Å². The fourth-order valence-electron chi connectivity index (χ4n) is 2.36. The fourth-order valence-corrected chi connectivity index (χ4v) is 2.36. The van der Waals surface area contributed by atoms with Gasteiger partial charge in [0, 0.05) is 17.6 Å². The van der Waals surface area contributed by atoms with Crippen LogP contribution in [0.15, 0.2) is 30.5 Å². The topological polar surface area (TPSA) is 62.2 Å². The first kappa shape index (κ1) is 15.3. The monoisotopic (exact) mass is 286 g/mol. The Bertz CT molecular complexity index is 638. The standard InChI is InChI=1S/C17H22N2O2/c1-11(2)8-9-12(3)19-16-13-6-4-5-7-15(13)18-10-14(16)17(20)21/h4-7,10-12H,8-9H2,1-3H3,(H,18,19)(H,20,21). The van der Waals surface area contributed by atoms with Gasteiger partial charge in [-0.1, -0.05) is 32.0 Å². The molecule has 1 unspecified atom stereocenters. The van der Waals surface area contributed by atoms with Gasteiger partial charge in [-0.15, -0.1) is 0 Å². The highest BCUT2D eigenvalue weighted by Crippen LogP contribution is 2.27. The minimum Gasteiger partial charge on any atom is -0.478 e. The number of aromatic carboxylic acids is 1. The summed E-state index contributed by atoms with van der Waals surface area (Å²) in [5.41, 5.74) is 1.70. The molecule has 1 heterocycles. The van der Waals surface area contributed by atoms with Crippen LogP contribution in [0, 0.1) is 5.92 Å². The van der Waals surface area contributed by atoms with Gasteiger partial charge in [0.2, 0.25) is 0 Å². The lowest BCUT2D eigenvalue weighted by Crippen LogP contribution is -2.18. The second kappa shape index (κ2) is 6.57. The molecule has 0 aliphatic carbocycles. The van der Waals surface area contributed by atoms with Crippen LogP contribution in [0.25, 0.3) is 10.9 Å². The fraction of sp³-hybridized carbons (Fsp3) is 0.412. The zero-order chi connectivity index (χ0) is 15.4. The molecular weight excluding hydrogens is 264 g/mol. The minimum atomic E-state index is -0.952. The number of nitrogens with zero attached hydrogens (tertiary/aromatic N) is 1. The zero-order valence-corrected chi connectivity index (χ0v) is 12.8. The Morgan fingerprint density at radius 2 is 1.95 bits per heavy atom. The van der Waals surface area contributed by atoms with Crippen molar-refractivity contribution in [1.29, 1.82) is 0 Å². The summed E-state index contributed by atoms with van der Waals surface area (Å²) in [5, 5.41) is 13.6. The number of para-hydroxylation sites is 1. The van der Waals surface area contributed by atoms with E-state index in [0.29, 0.717) is 11.6 Å². The van der Waals surface area contributed by atoms with Gasteiger partial charge in [0.1, 0.15) is 5.56 Å². The van der Waals surface area contributed by atoms with Crippen LogP contribution in [0.4, 0.5) is 5.69 Å². The van der Waals surface area contributed by atoms with Gasteiger partial charge in [0.25, 0.3) is 0 Å². The van der Waals surface area contributed by atoms with Crippen molar-refractivity contribution in [3.8, 4) is 0 Å². The van der Waals surface area contributed by atoms with Crippen LogP contribution in [-0.2, 0) is 0 Å². The Morgan fingerprint density at radius 1 is 1.24 bits per heavy atom. The van der Waals surface area contributed by atoms with E-state index in [4.69, 9.17) is 0 Å². The van der Waals surface area contributed by atoms with E-state index in [1.807, 2.05) is 24.3 Å². The number of rotatable bonds is 6. The third-order valence-corrected chi connectivity index (χ3v) is 3.57. The SMILES string of the molecule is CC(C)CCC(C)Nc1c(C(=O)O)cnc2ccccc12. The number of nitrogens with one attached hydrogen (secondary N) is 1. The first-order chi connectivity index (χ1) is 9.99. The van der Waals surface area contributed by atoms with Crippen LogP contribution in [0.1, 0.15) is 44.0 Å². The molecule has 1 aromatic carbocycles. The molecule has 112 valence electrons. The van der Waals surface area contributed by atoms with Crippen molar-refractivity contribution in [3.05, 3.63) is 36.0 Å². The van der Waals surface area contributed by atoms with Gasteiger partial charge in [0.05, 0.1) is 11.2 Å².